The molecule has 1 aromatic rings. The molecule has 4 nitrogen and oxygen atoms in total. The fraction of sp³-hybridized carbons (Fsp3) is 0.714. The Hall–Kier alpha value is -0.810. The quantitative estimate of drug-likeness (QED) is 0.774. The Morgan fingerprint density at radius 1 is 1.37 bits per heavy atom. The third kappa shape index (κ3) is 3.03. The molecule has 2 aliphatic heterocycles. The van der Waals surface area contributed by atoms with Gasteiger partial charge in [-0.25, -0.2) is 9.97 Å². The van der Waals surface area contributed by atoms with Crippen molar-refractivity contribution in [2.24, 2.45) is 5.92 Å². The molecule has 0 amide bonds. The number of hydrogen-bond donors (Lipinski definition) is 0. The molecule has 2 saturated heterocycles. The Morgan fingerprint density at radius 2 is 2.26 bits per heavy atom. The van der Waals surface area contributed by atoms with E-state index in [0.29, 0.717) is 12.0 Å². The lowest BCUT2D eigenvalue weighted by molar-refractivity contribution is 0.157. The maximum Gasteiger partial charge on any atom is 0.247 e. The van der Waals surface area contributed by atoms with Crippen molar-refractivity contribution in [1.29, 1.82) is 0 Å². The average molecular weight is 279 g/mol. The summed E-state index contributed by atoms with van der Waals surface area (Å²) in [6.07, 6.45) is 7.52. The minimum Gasteiger partial charge on any atom is -0.471 e. The zero-order chi connectivity index (χ0) is 13.1. The maximum atomic E-state index is 6.18. The van der Waals surface area contributed by atoms with Gasteiger partial charge in [-0.15, -0.1) is 11.8 Å². The highest BCUT2D eigenvalue weighted by Crippen LogP contribution is 2.32. The van der Waals surface area contributed by atoms with Crippen molar-refractivity contribution < 1.29 is 4.74 Å². The summed E-state index contributed by atoms with van der Waals surface area (Å²) in [6, 6.07) is 0. The van der Waals surface area contributed by atoms with E-state index in [2.05, 4.69) is 21.8 Å². The van der Waals surface area contributed by atoms with Crippen molar-refractivity contribution in [1.82, 2.24) is 14.9 Å². The summed E-state index contributed by atoms with van der Waals surface area (Å²) in [5.41, 5.74) is 0. The molecule has 0 aromatic carbocycles. The van der Waals surface area contributed by atoms with Crippen LogP contribution in [0.15, 0.2) is 17.4 Å². The van der Waals surface area contributed by atoms with E-state index in [1.54, 1.807) is 24.2 Å². The van der Waals surface area contributed by atoms with Crippen LogP contribution < -0.4 is 4.74 Å². The van der Waals surface area contributed by atoms with Crippen molar-refractivity contribution in [3.63, 3.8) is 0 Å². The highest BCUT2D eigenvalue weighted by atomic mass is 32.2. The van der Waals surface area contributed by atoms with Crippen molar-refractivity contribution in [3.8, 4) is 5.88 Å². The second kappa shape index (κ2) is 6.09. The predicted molar refractivity (Wildman–Crippen MR) is 76.6 cm³/mol. The highest BCUT2D eigenvalue weighted by Gasteiger charge is 2.37. The summed E-state index contributed by atoms with van der Waals surface area (Å²) < 4.78 is 6.18. The lowest BCUT2D eigenvalue weighted by atomic mass is 9.99. The standard InChI is InChI=1S/C14H21N3OS/c1-2-8-19-14-13(15-5-6-16-14)18-12-10-17-7-3-4-11(12)9-17/h5-6,11-12H,2-4,7-10H2,1H3/t11?,12-/m1/s1. The number of ether oxygens (including phenoxy) is 1. The van der Waals surface area contributed by atoms with Crippen molar-refractivity contribution in [2.75, 3.05) is 25.4 Å². The van der Waals surface area contributed by atoms with Crippen LogP contribution in [-0.4, -0.2) is 46.4 Å². The molecule has 3 atom stereocenters. The molecule has 1 aromatic heterocycles. The Labute approximate surface area is 119 Å². The van der Waals surface area contributed by atoms with Crippen LogP contribution in [0.25, 0.3) is 0 Å². The van der Waals surface area contributed by atoms with Gasteiger partial charge in [0, 0.05) is 31.4 Å². The number of thioether (sulfide) groups is 1. The van der Waals surface area contributed by atoms with Crippen LogP contribution in [0, 0.1) is 5.92 Å². The Balaban J connectivity index is 1.69. The van der Waals surface area contributed by atoms with Crippen molar-refractivity contribution in [2.45, 2.75) is 37.3 Å². The summed E-state index contributed by atoms with van der Waals surface area (Å²) in [4.78, 5) is 11.3. The first-order valence-corrected chi connectivity index (χ1v) is 8.18. The lowest BCUT2D eigenvalue weighted by Gasteiger charge is -2.22. The maximum absolute atomic E-state index is 6.18. The number of piperidine rings is 1. The summed E-state index contributed by atoms with van der Waals surface area (Å²) >= 11 is 1.74. The van der Waals surface area contributed by atoms with E-state index in [0.717, 1.165) is 29.6 Å². The molecule has 0 spiro atoms. The lowest BCUT2D eigenvalue weighted by Crippen LogP contribution is -2.26. The van der Waals surface area contributed by atoms with Gasteiger partial charge in [0.15, 0.2) is 5.03 Å². The molecule has 0 saturated carbocycles. The van der Waals surface area contributed by atoms with Gasteiger partial charge in [0.25, 0.3) is 0 Å². The molecule has 2 unspecified atom stereocenters. The van der Waals surface area contributed by atoms with E-state index in [1.165, 1.54) is 25.9 Å². The molecule has 104 valence electrons. The van der Waals surface area contributed by atoms with Gasteiger partial charge in [-0.3, -0.25) is 4.90 Å². The molecular weight excluding hydrogens is 258 g/mol. The number of rotatable bonds is 5. The van der Waals surface area contributed by atoms with Gasteiger partial charge in [-0.2, -0.15) is 0 Å². The van der Waals surface area contributed by atoms with Crippen LogP contribution >= 0.6 is 11.8 Å². The van der Waals surface area contributed by atoms with Gasteiger partial charge in [0.1, 0.15) is 6.10 Å². The largest absolute Gasteiger partial charge is 0.471 e. The first-order valence-electron chi connectivity index (χ1n) is 7.19. The molecule has 3 heterocycles. The monoisotopic (exact) mass is 279 g/mol. The Kier molecular flexibility index (Phi) is 4.23. The molecule has 2 bridgehead atoms. The summed E-state index contributed by atoms with van der Waals surface area (Å²) in [6.45, 7) is 5.66. The summed E-state index contributed by atoms with van der Waals surface area (Å²) in [5, 5.41) is 0.945. The number of hydrogen-bond acceptors (Lipinski definition) is 5. The smallest absolute Gasteiger partial charge is 0.247 e. The molecule has 5 heteroatoms. The second-order valence-electron chi connectivity index (χ2n) is 5.33. The first-order chi connectivity index (χ1) is 9.36. The van der Waals surface area contributed by atoms with Gasteiger partial charge in [-0.05, 0) is 31.6 Å². The minimum atomic E-state index is 0.306. The normalized spacial score (nSPS) is 29.4. The minimum absolute atomic E-state index is 0.306. The number of nitrogens with zero attached hydrogens (tertiary/aromatic N) is 3. The van der Waals surface area contributed by atoms with Crippen molar-refractivity contribution >= 4 is 11.8 Å². The fourth-order valence-electron chi connectivity index (χ4n) is 2.93. The summed E-state index contributed by atoms with van der Waals surface area (Å²) in [5.74, 6) is 2.48. The third-order valence-corrected chi connectivity index (χ3v) is 5.01. The van der Waals surface area contributed by atoms with Gasteiger partial charge in [-0.1, -0.05) is 6.92 Å². The topological polar surface area (TPSA) is 38.3 Å². The molecule has 3 rings (SSSR count). The molecule has 0 N–H and O–H groups in total. The fourth-order valence-corrected chi connectivity index (χ4v) is 3.69. The molecular formula is C14H21N3OS. The van der Waals surface area contributed by atoms with Crippen LogP contribution in [0.1, 0.15) is 26.2 Å². The van der Waals surface area contributed by atoms with Gasteiger partial charge < -0.3 is 4.74 Å². The van der Waals surface area contributed by atoms with Crippen LogP contribution in [0.5, 0.6) is 5.88 Å². The molecule has 19 heavy (non-hydrogen) atoms. The zero-order valence-electron chi connectivity index (χ0n) is 11.4. The van der Waals surface area contributed by atoms with E-state index in [4.69, 9.17) is 4.74 Å². The molecule has 0 radical (unpaired) electrons. The van der Waals surface area contributed by atoms with E-state index in [-0.39, 0.29) is 0 Å². The van der Waals surface area contributed by atoms with Gasteiger partial charge in [0.2, 0.25) is 5.88 Å². The molecule has 2 fully saturated rings. The number of aromatic nitrogens is 2. The van der Waals surface area contributed by atoms with Gasteiger partial charge in [0.05, 0.1) is 0 Å². The average Bonchev–Trinajstić information content (AvgIpc) is 2.72. The SMILES string of the molecule is CCCSc1nccnc1O[C@@H]1CN2CCCC1C2. The van der Waals surface area contributed by atoms with Crippen LogP contribution in [0.4, 0.5) is 0 Å². The van der Waals surface area contributed by atoms with Crippen LogP contribution in [0.3, 0.4) is 0 Å². The van der Waals surface area contributed by atoms with E-state index in [9.17, 15) is 0 Å². The Bertz CT molecular complexity index is 429. The summed E-state index contributed by atoms with van der Waals surface area (Å²) in [7, 11) is 0. The highest BCUT2D eigenvalue weighted by molar-refractivity contribution is 7.99. The van der Waals surface area contributed by atoms with Crippen LogP contribution in [0.2, 0.25) is 0 Å². The predicted octanol–water partition coefficient (Wildman–Crippen LogP) is 2.45. The van der Waals surface area contributed by atoms with Gasteiger partial charge >= 0.3 is 0 Å². The first kappa shape index (κ1) is 13.2. The van der Waals surface area contributed by atoms with Crippen molar-refractivity contribution in [3.05, 3.63) is 12.4 Å². The third-order valence-electron chi connectivity index (χ3n) is 3.85. The van der Waals surface area contributed by atoms with E-state index >= 15 is 0 Å². The molecule has 0 aliphatic carbocycles. The Morgan fingerprint density at radius 3 is 3.11 bits per heavy atom. The molecule has 2 aliphatic rings. The van der Waals surface area contributed by atoms with Crippen LogP contribution in [-0.2, 0) is 0 Å². The van der Waals surface area contributed by atoms with E-state index < -0.39 is 0 Å². The van der Waals surface area contributed by atoms with E-state index in [1.807, 2.05) is 0 Å². The second-order valence-corrected chi connectivity index (χ2v) is 6.42. The number of fused-ring (bicyclic) bond motifs is 2. The zero-order valence-corrected chi connectivity index (χ0v) is 12.2.